The van der Waals surface area contributed by atoms with Crippen molar-refractivity contribution in [2.24, 2.45) is 4.99 Å². The molecule has 0 bridgehead atoms. The maximum atomic E-state index is 11.5. The summed E-state index contributed by atoms with van der Waals surface area (Å²) >= 11 is 1.79. The molecule has 0 atom stereocenters. The molecule has 1 aromatic heterocycles. The lowest BCUT2D eigenvalue weighted by atomic mass is 9.92. The van der Waals surface area contributed by atoms with E-state index in [1.807, 2.05) is 0 Å². The number of rotatable bonds is 7. The van der Waals surface area contributed by atoms with Gasteiger partial charge in [-0.1, -0.05) is 19.9 Å². The molecule has 1 amide bonds. The van der Waals surface area contributed by atoms with Crippen LogP contribution in [0.5, 0.6) is 0 Å². The van der Waals surface area contributed by atoms with Crippen molar-refractivity contribution >= 4 is 23.2 Å². The Kier molecular flexibility index (Phi) is 7.90. The number of nitrogens with zero attached hydrogens (tertiary/aromatic N) is 2. The van der Waals surface area contributed by atoms with Gasteiger partial charge >= 0.3 is 0 Å². The molecule has 1 aromatic rings. The van der Waals surface area contributed by atoms with Crippen LogP contribution >= 0.6 is 11.3 Å². The number of likely N-dealkylation sites (tertiary alicyclic amines) is 1. The Morgan fingerprint density at radius 3 is 2.69 bits per heavy atom. The highest BCUT2D eigenvalue weighted by molar-refractivity contribution is 7.10. The number of guanidine groups is 1. The zero-order chi connectivity index (χ0) is 19.0. The van der Waals surface area contributed by atoms with Gasteiger partial charge in [0.1, 0.15) is 0 Å². The van der Waals surface area contributed by atoms with Gasteiger partial charge in [-0.05, 0) is 31.2 Å². The number of nitrogens with one attached hydrogen (secondary N) is 3. The van der Waals surface area contributed by atoms with Crippen molar-refractivity contribution in [1.29, 1.82) is 0 Å². The fraction of sp³-hybridized carbons (Fsp3) is 0.684. The summed E-state index contributed by atoms with van der Waals surface area (Å²) in [5.41, 5.74) is 0.0351. The molecule has 6 nitrogen and oxygen atoms in total. The van der Waals surface area contributed by atoms with Gasteiger partial charge in [0.15, 0.2) is 5.96 Å². The van der Waals surface area contributed by atoms with Crippen LogP contribution in [0.1, 0.15) is 38.5 Å². The second-order valence-electron chi connectivity index (χ2n) is 7.42. The van der Waals surface area contributed by atoms with Crippen LogP contribution in [0.15, 0.2) is 22.5 Å². The van der Waals surface area contributed by atoms with Crippen molar-refractivity contribution in [3.05, 3.63) is 22.4 Å². The summed E-state index contributed by atoms with van der Waals surface area (Å²) in [5.74, 6) is 0.976. The second kappa shape index (κ2) is 9.92. The Balaban J connectivity index is 1.87. The van der Waals surface area contributed by atoms with E-state index in [1.165, 1.54) is 4.88 Å². The van der Waals surface area contributed by atoms with Gasteiger partial charge in [-0.3, -0.25) is 14.7 Å². The van der Waals surface area contributed by atoms with E-state index >= 15 is 0 Å². The number of carbonyl (C=O) groups excluding carboxylic acids is 1. The Bertz CT molecular complexity index is 577. The second-order valence-corrected chi connectivity index (χ2v) is 8.37. The van der Waals surface area contributed by atoms with E-state index in [-0.39, 0.29) is 11.3 Å². The fourth-order valence-electron chi connectivity index (χ4n) is 3.05. The largest absolute Gasteiger partial charge is 0.358 e. The van der Waals surface area contributed by atoms with Crippen molar-refractivity contribution in [2.45, 2.75) is 45.1 Å². The van der Waals surface area contributed by atoms with Crippen LogP contribution in [0.4, 0.5) is 0 Å². The van der Waals surface area contributed by atoms with Crippen molar-refractivity contribution < 1.29 is 4.79 Å². The molecule has 0 spiro atoms. The van der Waals surface area contributed by atoms with Gasteiger partial charge in [-0.25, -0.2) is 0 Å². The number of thiophene rings is 1. The lowest BCUT2D eigenvalue weighted by Crippen LogP contribution is -2.50. The van der Waals surface area contributed by atoms with Crippen molar-refractivity contribution in [1.82, 2.24) is 20.9 Å². The van der Waals surface area contributed by atoms with E-state index in [1.54, 1.807) is 18.4 Å². The molecule has 2 rings (SSSR count). The van der Waals surface area contributed by atoms with Crippen LogP contribution in [-0.2, 0) is 10.2 Å². The Morgan fingerprint density at radius 1 is 1.38 bits per heavy atom. The average Bonchev–Trinajstić information content (AvgIpc) is 3.17. The molecule has 0 unspecified atom stereocenters. The molecule has 0 aromatic carbocycles. The molecule has 0 radical (unpaired) electrons. The fourth-order valence-corrected chi connectivity index (χ4v) is 3.89. The smallest absolute Gasteiger partial charge is 0.233 e. The zero-order valence-corrected chi connectivity index (χ0v) is 17.3. The van der Waals surface area contributed by atoms with Gasteiger partial charge in [0.05, 0.1) is 13.1 Å². The topological polar surface area (TPSA) is 68.8 Å². The molecule has 1 fully saturated rings. The standard InChI is InChI=1S/C19H33N5OS/c1-5-21-18(22-14-19(2,3)16-7-6-12-26-16)23-15-8-10-24(11-9-15)13-17(25)20-4/h6-7,12,15H,5,8-11,13-14H2,1-4H3,(H,20,25)(H2,21,22,23). The van der Waals surface area contributed by atoms with Gasteiger partial charge in [0.25, 0.3) is 0 Å². The third-order valence-electron chi connectivity index (χ3n) is 4.74. The molecule has 2 heterocycles. The molecule has 0 saturated carbocycles. The molecule has 26 heavy (non-hydrogen) atoms. The van der Waals surface area contributed by atoms with E-state index < -0.39 is 0 Å². The van der Waals surface area contributed by atoms with Crippen molar-refractivity contribution in [3.63, 3.8) is 0 Å². The molecular weight excluding hydrogens is 346 g/mol. The normalized spacial score (nSPS) is 17.2. The highest BCUT2D eigenvalue weighted by Gasteiger charge is 2.23. The number of carbonyl (C=O) groups is 1. The quantitative estimate of drug-likeness (QED) is 0.499. The van der Waals surface area contributed by atoms with E-state index in [4.69, 9.17) is 4.99 Å². The summed E-state index contributed by atoms with van der Waals surface area (Å²) in [5, 5.41) is 11.8. The summed E-state index contributed by atoms with van der Waals surface area (Å²) in [6, 6.07) is 4.68. The maximum Gasteiger partial charge on any atom is 0.233 e. The number of amides is 1. The van der Waals surface area contributed by atoms with Gasteiger partial charge in [-0.15, -0.1) is 11.3 Å². The number of hydrogen-bond donors (Lipinski definition) is 3. The minimum atomic E-state index is 0.0351. The van der Waals surface area contributed by atoms with Crippen LogP contribution in [0.2, 0.25) is 0 Å². The van der Waals surface area contributed by atoms with Crippen LogP contribution in [0, 0.1) is 0 Å². The predicted octanol–water partition coefficient (Wildman–Crippen LogP) is 1.79. The minimum absolute atomic E-state index is 0.0351. The number of hydrogen-bond acceptors (Lipinski definition) is 4. The zero-order valence-electron chi connectivity index (χ0n) is 16.5. The molecule has 1 saturated heterocycles. The lowest BCUT2D eigenvalue weighted by Gasteiger charge is -2.32. The van der Waals surface area contributed by atoms with E-state index in [2.05, 4.69) is 59.1 Å². The first kappa shape index (κ1) is 20.7. The van der Waals surface area contributed by atoms with E-state index in [9.17, 15) is 4.79 Å². The summed E-state index contributed by atoms with van der Waals surface area (Å²) in [6.07, 6.45) is 2.05. The Labute approximate surface area is 161 Å². The van der Waals surface area contributed by atoms with E-state index in [0.717, 1.165) is 45.0 Å². The highest BCUT2D eigenvalue weighted by atomic mass is 32.1. The predicted molar refractivity (Wildman–Crippen MR) is 110 cm³/mol. The number of likely N-dealkylation sites (N-methyl/N-ethyl adjacent to an activating group) is 1. The minimum Gasteiger partial charge on any atom is -0.358 e. The summed E-state index contributed by atoms with van der Waals surface area (Å²) in [7, 11) is 1.69. The molecule has 0 aliphatic carbocycles. The Hall–Kier alpha value is -1.60. The summed E-state index contributed by atoms with van der Waals surface area (Å²) < 4.78 is 0. The van der Waals surface area contributed by atoms with Gasteiger partial charge in [-0.2, -0.15) is 0 Å². The molecule has 3 N–H and O–H groups in total. The van der Waals surface area contributed by atoms with Crippen molar-refractivity contribution in [3.8, 4) is 0 Å². The SMILES string of the molecule is CCNC(=NCC(C)(C)c1cccs1)NC1CCN(CC(=O)NC)CC1. The third kappa shape index (κ3) is 6.29. The molecular formula is C19H33N5OS. The van der Waals surface area contributed by atoms with Crippen LogP contribution in [0.3, 0.4) is 0 Å². The van der Waals surface area contributed by atoms with Gasteiger partial charge in [0, 0.05) is 43.0 Å². The van der Waals surface area contributed by atoms with Gasteiger partial charge in [0.2, 0.25) is 5.91 Å². The van der Waals surface area contributed by atoms with Crippen LogP contribution in [0.25, 0.3) is 0 Å². The molecule has 1 aliphatic heterocycles. The highest BCUT2D eigenvalue weighted by Crippen LogP contribution is 2.27. The first-order valence-corrected chi connectivity index (χ1v) is 10.3. The number of aliphatic imine (C=N–C) groups is 1. The molecule has 1 aliphatic rings. The van der Waals surface area contributed by atoms with Gasteiger partial charge < -0.3 is 16.0 Å². The first-order valence-electron chi connectivity index (χ1n) is 9.46. The molecule has 146 valence electrons. The molecule has 7 heteroatoms. The monoisotopic (exact) mass is 379 g/mol. The summed E-state index contributed by atoms with van der Waals surface area (Å²) in [6.45, 7) is 10.5. The van der Waals surface area contributed by atoms with Crippen molar-refractivity contribution in [2.75, 3.05) is 39.8 Å². The van der Waals surface area contributed by atoms with Crippen LogP contribution in [-0.4, -0.2) is 62.6 Å². The Morgan fingerprint density at radius 2 is 2.12 bits per heavy atom. The summed E-state index contributed by atoms with van der Waals surface area (Å²) in [4.78, 5) is 19.9. The lowest BCUT2D eigenvalue weighted by molar-refractivity contribution is -0.122. The average molecular weight is 380 g/mol. The van der Waals surface area contributed by atoms with Crippen LogP contribution < -0.4 is 16.0 Å². The number of piperidine rings is 1. The maximum absolute atomic E-state index is 11.5. The van der Waals surface area contributed by atoms with E-state index in [0.29, 0.717) is 12.6 Å². The third-order valence-corrected chi connectivity index (χ3v) is 5.98. The first-order chi connectivity index (χ1) is 12.4.